The lowest BCUT2D eigenvalue weighted by Crippen LogP contribution is -2.27. The number of para-hydroxylation sites is 1. The largest absolute Gasteiger partial charge is 0.448 e. The van der Waals surface area contributed by atoms with Crippen LogP contribution in [0, 0.1) is 10.1 Å². The summed E-state index contributed by atoms with van der Waals surface area (Å²) in [5.74, 6) is -0.519. The highest BCUT2D eigenvalue weighted by atomic mass is 16.6. The van der Waals surface area contributed by atoms with Crippen LogP contribution < -0.4 is 10.9 Å². The first kappa shape index (κ1) is 16.5. The first-order valence-corrected chi connectivity index (χ1v) is 7.94. The highest BCUT2D eigenvalue weighted by Gasteiger charge is 2.15. The van der Waals surface area contributed by atoms with Gasteiger partial charge in [0.25, 0.3) is 11.2 Å². The molecule has 0 aliphatic rings. The maximum atomic E-state index is 12.6. The molecule has 1 amide bonds. The Bertz CT molecular complexity index is 1260. The standard InChI is InChI=1S/C18H12N4O5/c23-15(20-11-4-3-5-12(8-11)22(25)26)9-21-10-19-16-13-6-1-2-7-14(13)27-17(16)18(21)24/h1-8,10H,9H2,(H,20,23). The number of non-ortho nitro benzene ring substituents is 1. The van der Waals surface area contributed by atoms with E-state index in [-0.39, 0.29) is 23.5 Å². The number of hydrogen-bond donors (Lipinski definition) is 1. The van der Waals surface area contributed by atoms with Crippen molar-refractivity contribution in [2.75, 3.05) is 5.32 Å². The summed E-state index contributed by atoms with van der Waals surface area (Å²) >= 11 is 0. The quantitative estimate of drug-likeness (QED) is 0.439. The molecule has 1 N–H and O–H groups in total. The Morgan fingerprint density at radius 1 is 1.22 bits per heavy atom. The molecule has 27 heavy (non-hydrogen) atoms. The van der Waals surface area contributed by atoms with E-state index in [0.717, 1.165) is 9.95 Å². The van der Waals surface area contributed by atoms with Crippen LogP contribution in [0.1, 0.15) is 0 Å². The van der Waals surface area contributed by atoms with Crippen LogP contribution in [0.15, 0.2) is 64.1 Å². The van der Waals surface area contributed by atoms with Gasteiger partial charge in [0.05, 0.1) is 11.3 Å². The number of fused-ring (bicyclic) bond motifs is 3. The fourth-order valence-electron chi connectivity index (χ4n) is 2.78. The second-order valence-corrected chi connectivity index (χ2v) is 5.81. The smallest absolute Gasteiger partial charge is 0.297 e. The maximum Gasteiger partial charge on any atom is 0.297 e. The van der Waals surface area contributed by atoms with Gasteiger partial charge in [-0.25, -0.2) is 4.98 Å². The van der Waals surface area contributed by atoms with Crippen molar-refractivity contribution in [1.29, 1.82) is 0 Å². The number of hydrogen-bond acceptors (Lipinski definition) is 6. The Morgan fingerprint density at radius 2 is 2.04 bits per heavy atom. The predicted molar refractivity (Wildman–Crippen MR) is 97.5 cm³/mol. The van der Waals surface area contributed by atoms with E-state index in [1.165, 1.54) is 30.6 Å². The third kappa shape index (κ3) is 3.01. The number of furan rings is 1. The topological polar surface area (TPSA) is 120 Å². The number of carbonyl (C=O) groups excluding carboxylic acids is 1. The van der Waals surface area contributed by atoms with Gasteiger partial charge in [-0.05, 0) is 18.2 Å². The van der Waals surface area contributed by atoms with Gasteiger partial charge in [0.2, 0.25) is 11.5 Å². The molecule has 2 heterocycles. The lowest BCUT2D eigenvalue weighted by Gasteiger charge is -2.06. The Morgan fingerprint density at radius 3 is 2.85 bits per heavy atom. The Balaban J connectivity index is 1.61. The van der Waals surface area contributed by atoms with E-state index in [1.807, 2.05) is 6.07 Å². The highest BCUT2D eigenvalue weighted by molar-refractivity contribution is 6.01. The van der Waals surface area contributed by atoms with Crippen LogP contribution in [-0.2, 0) is 11.3 Å². The fraction of sp³-hybridized carbons (Fsp3) is 0.0556. The Kier molecular flexibility index (Phi) is 3.88. The van der Waals surface area contributed by atoms with Crippen molar-refractivity contribution in [3.63, 3.8) is 0 Å². The maximum absolute atomic E-state index is 12.6. The van der Waals surface area contributed by atoms with Crippen molar-refractivity contribution in [3.8, 4) is 0 Å². The second-order valence-electron chi connectivity index (χ2n) is 5.81. The number of nitrogens with one attached hydrogen (secondary N) is 1. The lowest BCUT2D eigenvalue weighted by molar-refractivity contribution is -0.384. The third-order valence-corrected chi connectivity index (χ3v) is 4.01. The van der Waals surface area contributed by atoms with E-state index in [0.29, 0.717) is 11.1 Å². The number of amides is 1. The van der Waals surface area contributed by atoms with Crippen molar-refractivity contribution >= 4 is 39.4 Å². The summed E-state index contributed by atoms with van der Waals surface area (Å²) in [4.78, 5) is 39.3. The molecule has 9 heteroatoms. The molecule has 0 atom stereocenters. The van der Waals surface area contributed by atoms with Gasteiger partial charge in [0.15, 0.2) is 0 Å². The molecule has 0 radical (unpaired) electrons. The van der Waals surface area contributed by atoms with Crippen LogP contribution in [-0.4, -0.2) is 20.4 Å². The molecule has 0 fully saturated rings. The molecule has 4 aromatic rings. The van der Waals surface area contributed by atoms with E-state index in [1.54, 1.807) is 18.2 Å². The van der Waals surface area contributed by atoms with Gasteiger partial charge in [-0.1, -0.05) is 18.2 Å². The summed E-state index contributed by atoms with van der Waals surface area (Å²) in [6.45, 7) is -0.304. The molecule has 0 saturated carbocycles. The van der Waals surface area contributed by atoms with Gasteiger partial charge in [-0.15, -0.1) is 0 Å². The van der Waals surface area contributed by atoms with Gasteiger partial charge in [-0.2, -0.15) is 0 Å². The molecule has 0 saturated heterocycles. The number of carbonyl (C=O) groups is 1. The molecule has 0 aliphatic carbocycles. The van der Waals surface area contributed by atoms with Crippen molar-refractivity contribution < 1.29 is 14.1 Å². The highest BCUT2D eigenvalue weighted by Crippen LogP contribution is 2.24. The lowest BCUT2D eigenvalue weighted by atomic mass is 10.2. The molecule has 0 bridgehead atoms. The number of nitro benzene ring substituents is 1. The molecule has 9 nitrogen and oxygen atoms in total. The molecular formula is C18H12N4O5. The monoisotopic (exact) mass is 364 g/mol. The van der Waals surface area contributed by atoms with Crippen LogP contribution in [0.4, 0.5) is 11.4 Å². The zero-order valence-corrected chi connectivity index (χ0v) is 13.8. The predicted octanol–water partition coefficient (Wildman–Crippen LogP) is 2.69. The minimum absolute atomic E-state index is 0.0712. The minimum atomic E-state index is -0.556. The fourth-order valence-corrected chi connectivity index (χ4v) is 2.78. The van der Waals surface area contributed by atoms with Crippen molar-refractivity contribution in [2.45, 2.75) is 6.54 Å². The summed E-state index contributed by atoms with van der Waals surface area (Å²) in [7, 11) is 0. The van der Waals surface area contributed by atoms with E-state index in [4.69, 9.17) is 4.42 Å². The van der Waals surface area contributed by atoms with Crippen molar-refractivity contribution in [1.82, 2.24) is 9.55 Å². The number of rotatable bonds is 4. The van der Waals surface area contributed by atoms with Crippen LogP contribution in [0.3, 0.4) is 0 Å². The number of anilines is 1. The molecule has 2 aromatic carbocycles. The first-order chi connectivity index (χ1) is 13.0. The molecule has 0 unspecified atom stereocenters. The Labute approximate surface area is 151 Å². The minimum Gasteiger partial charge on any atom is -0.448 e. The summed E-state index contributed by atoms with van der Waals surface area (Å²) < 4.78 is 6.69. The number of benzene rings is 2. The summed E-state index contributed by atoms with van der Waals surface area (Å²) in [6.07, 6.45) is 1.28. The number of aromatic nitrogens is 2. The van der Waals surface area contributed by atoms with E-state index in [9.17, 15) is 19.7 Å². The van der Waals surface area contributed by atoms with Crippen LogP contribution in [0.25, 0.3) is 22.1 Å². The van der Waals surface area contributed by atoms with E-state index in [2.05, 4.69) is 10.3 Å². The summed E-state index contributed by atoms with van der Waals surface area (Å²) in [6, 6.07) is 12.7. The summed E-state index contributed by atoms with van der Waals surface area (Å²) in [5, 5.41) is 14.0. The number of nitro groups is 1. The normalized spacial score (nSPS) is 11.0. The third-order valence-electron chi connectivity index (χ3n) is 4.01. The van der Waals surface area contributed by atoms with Crippen molar-refractivity contribution in [2.24, 2.45) is 0 Å². The van der Waals surface area contributed by atoms with E-state index >= 15 is 0 Å². The zero-order chi connectivity index (χ0) is 19.0. The molecule has 4 rings (SSSR count). The molecule has 0 spiro atoms. The average molecular weight is 364 g/mol. The zero-order valence-electron chi connectivity index (χ0n) is 13.8. The van der Waals surface area contributed by atoms with Gasteiger partial charge in [0, 0.05) is 23.2 Å². The van der Waals surface area contributed by atoms with Crippen LogP contribution in [0.5, 0.6) is 0 Å². The van der Waals surface area contributed by atoms with Crippen molar-refractivity contribution in [3.05, 3.63) is 75.3 Å². The van der Waals surface area contributed by atoms with Gasteiger partial charge >= 0.3 is 0 Å². The SMILES string of the molecule is O=C(Cn1cnc2c(oc3ccccc32)c1=O)Nc1cccc([N+](=O)[O-])c1. The number of nitrogens with zero attached hydrogens (tertiary/aromatic N) is 3. The Hall–Kier alpha value is -4.01. The molecular weight excluding hydrogens is 352 g/mol. The molecule has 0 aliphatic heterocycles. The molecule has 2 aromatic heterocycles. The van der Waals surface area contributed by atoms with Gasteiger partial charge in [-0.3, -0.25) is 24.3 Å². The molecule has 134 valence electrons. The summed E-state index contributed by atoms with van der Waals surface area (Å²) in [5.41, 5.74) is 0.685. The van der Waals surface area contributed by atoms with Gasteiger partial charge in [0.1, 0.15) is 17.6 Å². The van der Waals surface area contributed by atoms with Gasteiger partial charge < -0.3 is 9.73 Å². The first-order valence-electron chi connectivity index (χ1n) is 7.94. The van der Waals surface area contributed by atoms with Crippen LogP contribution >= 0.6 is 0 Å². The second kappa shape index (κ2) is 6.37. The van der Waals surface area contributed by atoms with Crippen LogP contribution in [0.2, 0.25) is 0 Å². The average Bonchev–Trinajstić information content (AvgIpc) is 3.04. The van der Waals surface area contributed by atoms with E-state index < -0.39 is 16.4 Å².